The van der Waals surface area contributed by atoms with Crippen molar-refractivity contribution in [2.75, 3.05) is 36.7 Å². The normalized spacial score (nSPS) is 10.9. The predicted molar refractivity (Wildman–Crippen MR) is 123 cm³/mol. The van der Waals surface area contributed by atoms with Gasteiger partial charge >= 0.3 is 6.18 Å². The fourth-order valence-electron chi connectivity index (χ4n) is 3.04. The molecule has 0 aliphatic rings. The molecular weight excluding hydrogens is 451 g/mol. The SMILES string of the molecule is COc1ccc(OC)c(NC(=O)CNc2cccc(C(=O)Nc3cccc(C(F)(F)F)c3)c2)c1. The van der Waals surface area contributed by atoms with Crippen LogP contribution in [0.5, 0.6) is 11.5 Å². The van der Waals surface area contributed by atoms with Gasteiger partial charge in [-0.15, -0.1) is 0 Å². The van der Waals surface area contributed by atoms with Crippen LogP contribution in [-0.4, -0.2) is 32.6 Å². The summed E-state index contributed by atoms with van der Waals surface area (Å²) >= 11 is 0. The number of anilines is 3. The van der Waals surface area contributed by atoms with Crippen LogP contribution in [0.25, 0.3) is 0 Å². The fourth-order valence-corrected chi connectivity index (χ4v) is 3.04. The van der Waals surface area contributed by atoms with Crippen molar-refractivity contribution in [2.45, 2.75) is 6.18 Å². The summed E-state index contributed by atoms with van der Waals surface area (Å²) in [7, 11) is 2.98. The second kappa shape index (κ2) is 10.6. The van der Waals surface area contributed by atoms with Crippen LogP contribution in [-0.2, 0) is 11.0 Å². The molecule has 0 bridgehead atoms. The summed E-state index contributed by atoms with van der Waals surface area (Å²) in [6, 6.07) is 15.6. The zero-order valence-corrected chi connectivity index (χ0v) is 18.3. The van der Waals surface area contributed by atoms with Crippen molar-refractivity contribution in [3.8, 4) is 11.5 Å². The molecule has 0 spiro atoms. The van der Waals surface area contributed by atoms with E-state index in [1.54, 1.807) is 30.3 Å². The van der Waals surface area contributed by atoms with Gasteiger partial charge in [-0.2, -0.15) is 13.2 Å². The van der Waals surface area contributed by atoms with Crippen molar-refractivity contribution in [3.63, 3.8) is 0 Å². The Balaban J connectivity index is 1.63. The number of carbonyl (C=O) groups is 2. The highest BCUT2D eigenvalue weighted by Crippen LogP contribution is 2.31. The summed E-state index contributed by atoms with van der Waals surface area (Å²) < 4.78 is 49.0. The lowest BCUT2D eigenvalue weighted by Crippen LogP contribution is -2.22. The van der Waals surface area contributed by atoms with Gasteiger partial charge in [0.15, 0.2) is 0 Å². The Morgan fingerprint density at radius 3 is 2.29 bits per heavy atom. The van der Waals surface area contributed by atoms with Crippen LogP contribution in [0.3, 0.4) is 0 Å². The topological polar surface area (TPSA) is 88.7 Å². The minimum atomic E-state index is -4.51. The molecule has 34 heavy (non-hydrogen) atoms. The highest BCUT2D eigenvalue weighted by atomic mass is 19.4. The Morgan fingerprint density at radius 2 is 1.59 bits per heavy atom. The molecule has 0 saturated heterocycles. The zero-order valence-electron chi connectivity index (χ0n) is 18.3. The van der Waals surface area contributed by atoms with Gasteiger partial charge in [0.1, 0.15) is 11.5 Å². The van der Waals surface area contributed by atoms with E-state index in [-0.39, 0.29) is 23.7 Å². The van der Waals surface area contributed by atoms with Crippen molar-refractivity contribution in [2.24, 2.45) is 0 Å². The van der Waals surface area contributed by atoms with Gasteiger partial charge in [0.2, 0.25) is 5.91 Å². The average Bonchev–Trinajstić information content (AvgIpc) is 2.82. The molecule has 3 rings (SSSR count). The first-order valence-electron chi connectivity index (χ1n) is 10.0. The molecule has 3 aromatic carbocycles. The van der Waals surface area contributed by atoms with Gasteiger partial charge in [0, 0.05) is 23.0 Å². The van der Waals surface area contributed by atoms with Crippen LogP contribution in [0.15, 0.2) is 66.7 Å². The van der Waals surface area contributed by atoms with E-state index >= 15 is 0 Å². The van der Waals surface area contributed by atoms with Crippen molar-refractivity contribution in [1.82, 2.24) is 0 Å². The van der Waals surface area contributed by atoms with Gasteiger partial charge in [-0.05, 0) is 48.5 Å². The van der Waals surface area contributed by atoms with Crippen LogP contribution in [0.2, 0.25) is 0 Å². The lowest BCUT2D eigenvalue weighted by atomic mass is 10.1. The Kier molecular flexibility index (Phi) is 7.62. The first kappa shape index (κ1) is 24.4. The Labute approximate surface area is 193 Å². The number of rotatable bonds is 8. The first-order valence-corrected chi connectivity index (χ1v) is 10.0. The van der Waals surface area contributed by atoms with E-state index < -0.39 is 17.6 Å². The van der Waals surface area contributed by atoms with Crippen molar-refractivity contribution in [1.29, 1.82) is 0 Å². The largest absolute Gasteiger partial charge is 0.497 e. The van der Waals surface area contributed by atoms with Crippen molar-refractivity contribution >= 4 is 28.9 Å². The minimum absolute atomic E-state index is 0.0183. The fraction of sp³-hybridized carbons (Fsp3) is 0.167. The number of benzene rings is 3. The van der Waals surface area contributed by atoms with E-state index in [1.807, 2.05) is 0 Å². The molecule has 0 atom stereocenters. The third-order valence-electron chi connectivity index (χ3n) is 4.71. The lowest BCUT2D eigenvalue weighted by molar-refractivity contribution is -0.137. The molecule has 0 radical (unpaired) electrons. The number of halogens is 3. The number of nitrogens with one attached hydrogen (secondary N) is 3. The smallest absolute Gasteiger partial charge is 0.416 e. The number of hydrogen-bond donors (Lipinski definition) is 3. The standard InChI is InChI=1S/C24H22F3N3O4/c1-33-19-9-10-21(34-2)20(13-19)30-22(31)14-28-17-7-3-5-15(11-17)23(32)29-18-8-4-6-16(12-18)24(25,26)27/h3-13,28H,14H2,1-2H3,(H,29,32)(H,30,31). The highest BCUT2D eigenvalue weighted by Gasteiger charge is 2.30. The van der Waals surface area contributed by atoms with Crippen molar-refractivity contribution < 1.29 is 32.2 Å². The molecule has 0 aliphatic carbocycles. The maximum absolute atomic E-state index is 12.9. The molecular formula is C24H22F3N3O4. The highest BCUT2D eigenvalue weighted by molar-refractivity contribution is 6.05. The minimum Gasteiger partial charge on any atom is -0.497 e. The zero-order chi connectivity index (χ0) is 24.7. The maximum atomic E-state index is 12.9. The molecule has 0 aromatic heterocycles. The van der Waals surface area contributed by atoms with Crippen LogP contribution in [0, 0.1) is 0 Å². The number of ether oxygens (including phenoxy) is 2. The Hall–Kier alpha value is -4.21. The van der Waals surface area contributed by atoms with Gasteiger partial charge in [0.25, 0.3) is 5.91 Å². The van der Waals surface area contributed by atoms with Gasteiger partial charge in [0.05, 0.1) is 32.0 Å². The van der Waals surface area contributed by atoms with E-state index in [4.69, 9.17) is 9.47 Å². The molecule has 3 N–H and O–H groups in total. The number of hydrogen-bond acceptors (Lipinski definition) is 5. The number of alkyl halides is 3. The van der Waals surface area contributed by atoms with Gasteiger partial charge < -0.3 is 25.4 Å². The second-order valence-electron chi connectivity index (χ2n) is 7.08. The van der Waals surface area contributed by atoms with Crippen LogP contribution >= 0.6 is 0 Å². The van der Waals surface area contributed by atoms with Crippen LogP contribution in [0.1, 0.15) is 15.9 Å². The van der Waals surface area contributed by atoms with Crippen LogP contribution in [0.4, 0.5) is 30.2 Å². The second-order valence-corrected chi connectivity index (χ2v) is 7.08. The lowest BCUT2D eigenvalue weighted by Gasteiger charge is -2.13. The van der Waals surface area contributed by atoms with E-state index in [2.05, 4.69) is 16.0 Å². The number of carbonyl (C=O) groups excluding carboxylic acids is 2. The molecule has 0 fully saturated rings. The third kappa shape index (κ3) is 6.41. The van der Waals surface area contributed by atoms with E-state index in [0.29, 0.717) is 22.9 Å². The van der Waals surface area contributed by atoms with Gasteiger partial charge in [-0.25, -0.2) is 0 Å². The van der Waals surface area contributed by atoms with Crippen molar-refractivity contribution in [3.05, 3.63) is 77.9 Å². The summed E-state index contributed by atoms with van der Waals surface area (Å²) in [5, 5.41) is 8.07. The monoisotopic (exact) mass is 473 g/mol. The molecule has 10 heteroatoms. The number of methoxy groups -OCH3 is 2. The summed E-state index contributed by atoms with van der Waals surface area (Å²) in [5.74, 6) is 0.0462. The molecule has 0 unspecified atom stereocenters. The summed E-state index contributed by atoms with van der Waals surface area (Å²) in [4.78, 5) is 24.9. The summed E-state index contributed by atoms with van der Waals surface area (Å²) in [6.07, 6.45) is -4.51. The molecule has 3 aromatic rings. The van der Waals surface area contributed by atoms with E-state index in [9.17, 15) is 22.8 Å². The Morgan fingerprint density at radius 1 is 0.853 bits per heavy atom. The predicted octanol–water partition coefficient (Wildman–Crippen LogP) is 5.03. The molecule has 0 aliphatic heterocycles. The van der Waals surface area contributed by atoms with Gasteiger partial charge in [-0.1, -0.05) is 12.1 Å². The van der Waals surface area contributed by atoms with Gasteiger partial charge in [-0.3, -0.25) is 9.59 Å². The quantitative estimate of drug-likeness (QED) is 0.427. The number of amides is 2. The molecule has 0 heterocycles. The van der Waals surface area contributed by atoms with E-state index in [1.165, 1.54) is 38.5 Å². The van der Waals surface area contributed by atoms with E-state index in [0.717, 1.165) is 12.1 Å². The summed E-state index contributed by atoms with van der Waals surface area (Å²) in [6.45, 7) is -0.112. The molecule has 0 saturated carbocycles. The summed E-state index contributed by atoms with van der Waals surface area (Å²) in [5.41, 5.74) is 0.272. The average molecular weight is 473 g/mol. The van der Waals surface area contributed by atoms with Crippen LogP contribution < -0.4 is 25.4 Å². The molecule has 7 nitrogen and oxygen atoms in total. The third-order valence-corrected chi connectivity index (χ3v) is 4.71. The maximum Gasteiger partial charge on any atom is 0.416 e. The molecule has 178 valence electrons. The molecule has 2 amide bonds. The Bertz CT molecular complexity index is 1180. The first-order chi connectivity index (χ1) is 16.2.